The van der Waals surface area contributed by atoms with E-state index in [9.17, 15) is 9.59 Å². The van der Waals surface area contributed by atoms with Gasteiger partial charge in [0.05, 0.1) is 6.42 Å². The zero-order valence-electron chi connectivity index (χ0n) is 14.2. The number of urea groups is 1. The number of pyridine rings is 1. The number of nitrogens with zero attached hydrogens (tertiary/aromatic N) is 4. The van der Waals surface area contributed by atoms with Crippen molar-refractivity contribution in [2.75, 3.05) is 32.7 Å². The third kappa shape index (κ3) is 4.43. The monoisotopic (exact) mass is 318 g/mol. The standard InChI is InChI=1S/C17H26N4O2/c1-4-21(14(2)3)17(23)20-11-9-19(10-12-20)16(22)13-15-7-5-6-8-18-15/h5-8,14H,4,9-13H2,1-3H3. The van der Waals surface area contributed by atoms with Crippen LogP contribution >= 0.6 is 0 Å². The van der Waals surface area contributed by atoms with Gasteiger partial charge in [-0.15, -0.1) is 0 Å². The Morgan fingerprint density at radius 1 is 1.17 bits per heavy atom. The molecule has 2 heterocycles. The highest BCUT2D eigenvalue weighted by atomic mass is 16.2. The topological polar surface area (TPSA) is 56.8 Å². The summed E-state index contributed by atoms with van der Waals surface area (Å²) in [4.78, 5) is 34.5. The Labute approximate surface area is 138 Å². The van der Waals surface area contributed by atoms with E-state index >= 15 is 0 Å². The number of piperazine rings is 1. The molecular formula is C17H26N4O2. The van der Waals surface area contributed by atoms with E-state index in [1.165, 1.54) is 0 Å². The molecule has 3 amide bonds. The second-order valence-electron chi connectivity index (χ2n) is 6.03. The summed E-state index contributed by atoms with van der Waals surface area (Å²) in [6.45, 7) is 9.11. The summed E-state index contributed by atoms with van der Waals surface area (Å²) in [5.74, 6) is 0.0759. The molecule has 2 rings (SSSR count). The normalized spacial score (nSPS) is 15.0. The molecule has 0 spiro atoms. The van der Waals surface area contributed by atoms with Gasteiger partial charge in [-0.05, 0) is 32.9 Å². The molecule has 1 fully saturated rings. The number of rotatable bonds is 4. The summed E-state index contributed by atoms with van der Waals surface area (Å²) in [5, 5.41) is 0. The Morgan fingerprint density at radius 2 is 1.83 bits per heavy atom. The van der Waals surface area contributed by atoms with E-state index in [1.54, 1.807) is 6.20 Å². The first-order valence-electron chi connectivity index (χ1n) is 8.26. The van der Waals surface area contributed by atoms with Crippen molar-refractivity contribution >= 4 is 11.9 Å². The SMILES string of the molecule is CCN(C(=O)N1CCN(C(=O)Cc2ccccn2)CC1)C(C)C. The quantitative estimate of drug-likeness (QED) is 0.847. The molecule has 0 aliphatic carbocycles. The summed E-state index contributed by atoms with van der Waals surface area (Å²) < 4.78 is 0. The van der Waals surface area contributed by atoms with Crippen LogP contribution in [0.25, 0.3) is 0 Å². The number of carbonyl (C=O) groups is 2. The Morgan fingerprint density at radius 3 is 2.35 bits per heavy atom. The fraction of sp³-hybridized carbons (Fsp3) is 0.588. The molecule has 6 nitrogen and oxygen atoms in total. The number of carbonyl (C=O) groups excluding carboxylic acids is 2. The van der Waals surface area contributed by atoms with Crippen molar-refractivity contribution in [3.8, 4) is 0 Å². The van der Waals surface area contributed by atoms with E-state index in [0.29, 0.717) is 39.1 Å². The lowest BCUT2D eigenvalue weighted by Crippen LogP contribution is -2.55. The van der Waals surface area contributed by atoms with Crippen LogP contribution in [0.1, 0.15) is 26.5 Å². The van der Waals surface area contributed by atoms with Gasteiger partial charge in [0, 0.05) is 50.7 Å². The first-order chi connectivity index (χ1) is 11.0. The molecule has 126 valence electrons. The lowest BCUT2D eigenvalue weighted by molar-refractivity contribution is -0.132. The highest BCUT2D eigenvalue weighted by Crippen LogP contribution is 2.10. The van der Waals surface area contributed by atoms with Gasteiger partial charge in [0.2, 0.25) is 5.91 Å². The van der Waals surface area contributed by atoms with E-state index < -0.39 is 0 Å². The summed E-state index contributed by atoms with van der Waals surface area (Å²) in [6.07, 6.45) is 2.02. The summed E-state index contributed by atoms with van der Waals surface area (Å²) >= 11 is 0. The van der Waals surface area contributed by atoms with Gasteiger partial charge in [0.15, 0.2) is 0 Å². The molecule has 1 saturated heterocycles. The van der Waals surface area contributed by atoms with Crippen LogP contribution in [0, 0.1) is 0 Å². The van der Waals surface area contributed by atoms with Crippen molar-refractivity contribution in [3.05, 3.63) is 30.1 Å². The van der Waals surface area contributed by atoms with E-state index in [1.807, 2.05) is 53.7 Å². The van der Waals surface area contributed by atoms with Crippen molar-refractivity contribution in [2.24, 2.45) is 0 Å². The van der Waals surface area contributed by atoms with Crippen molar-refractivity contribution in [2.45, 2.75) is 33.2 Å². The number of amides is 3. The minimum Gasteiger partial charge on any atom is -0.339 e. The molecule has 0 bridgehead atoms. The van der Waals surface area contributed by atoms with Crippen LogP contribution in [0.2, 0.25) is 0 Å². The van der Waals surface area contributed by atoms with Crippen LogP contribution in [0.15, 0.2) is 24.4 Å². The van der Waals surface area contributed by atoms with E-state index in [0.717, 1.165) is 5.69 Å². The molecule has 23 heavy (non-hydrogen) atoms. The van der Waals surface area contributed by atoms with Crippen molar-refractivity contribution in [3.63, 3.8) is 0 Å². The Balaban J connectivity index is 1.86. The van der Waals surface area contributed by atoms with E-state index in [4.69, 9.17) is 0 Å². The van der Waals surface area contributed by atoms with Crippen LogP contribution in [0.5, 0.6) is 0 Å². The highest BCUT2D eigenvalue weighted by Gasteiger charge is 2.27. The van der Waals surface area contributed by atoms with Crippen LogP contribution in [-0.4, -0.2) is 70.4 Å². The maximum absolute atomic E-state index is 12.5. The van der Waals surface area contributed by atoms with Gasteiger partial charge in [0.1, 0.15) is 0 Å². The second kappa shape index (κ2) is 7.94. The van der Waals surface area contributed by atoms with Gasteiger partial charge in [-0.25, -0.2) is 4.79 Å². The minimum atomic E-state index is 0.0688. The molecule has 1 aromatic rings. The van der Waals surface area contributed by atoms with Gasteiger partial charge in [-0.2, -0.15) is 0 Å². The summed E-state index contributed by atoms with van der Waals surface area (Å²) in [5.41, 5.74) is 0.785. The fourth-order valence-corrected chi connectivity index (χ4v) is 2.82. The molecule has 0 aromatic carbocycles. The molecule has 0 radical (unpaired) electrons. The maximum atomic E-state index is 12.5. The average molecular weight is 318 g/mol. The van der Waals surface area contributed by atoms with Crippen molar-refractivity contribution in [1.29, 1.82) is 0 Å². The first kappa shape index (κ1) is 17.2. The lowest BCUT2D eigenvalue weighted by atomic mass is 10.2. The zero-order chi connectivity index (χ0) is 16.8. The molecule has 6 heteroatoms. The third-order valence-electron chi connectivity index (χ3n) is 4.17. The maximum Gasteiger partial charge on any atom is 0.320 e. The molecule has 0 N–H and O–H groups in total. The molecule has 1 aliphatic heterocycles. The van der Waals surface area contributed by atoms with E-state index in [-0.39, 0.29) is 18.0 Å². The number of aromatic nitrogens is 1. The predicted molar refractivity (Wildman–Crippen MR) is 89.0 cm³/mol. The number of hydrogen-bond acceptors (Lipinski definition) is 3. The average Bonchev–Trinajstić information content (AvgIpc) is 2.56. The first-order valence-corrected chi connectivity index (χ1v) is 8.26. The fourth-order valence-electron chi connectivity index (χ4n) is 2.82. The van der Waals surface area contributed by atoms with Gasteiger partial charge in [0.25, 0.3) is 0 Å². The zero-order valence-corrected chi connectivity index (χ0v) is 14.2. The molecular weight excluding hydrogens is 292 g/mol. The van der Waals surface area contributed by atoms with Crippen LogP contribution in [0.3, 0.4) is 0 Å². The Bertz CT molecular complexity index is 525. The largest absolute Gasteiger partial charge is 0.339 e. The lowest BCUT2D eigenvalue weighted by Gasteiger charge is -2.38. The van der Waals surface area contributed by atoms with Crippen molar-refractivity contribution in [1.82, 2.24) is 19.7 Å². The van der Waals surface area contributed by atoms with Crippen molar-refractivity contribution < 1.29 is 9.59 Å². The van der Waals surface area contributed by atoms with Gasteiger partial charge < -0.3 is 14.7 Å². The third-order valence-corrected chi connectivity index (χ3v) is 4.17. The summed E-state index contributed by atoms with van der Waals surface area (Å²) in [7, 11) is 0. The van der Waals surface area contributed by atoms with Gasteiger partial charge in [-0.3, -0.25) is 9.78 Å². The molecule has 1 aromatic heterocycles. The Kier molecular flexibility index (Phi) is 5.96. The van der Waals surface area contributed by atoms with Crippen LogP contribution < -0.4 is 0 Å². The van der Waals surface area contributed by atoms with Crippen LogP contribution in [-0.2, 0) is 11.2 Å². The highest BCUT2D eigenvalue weighted by molar-refractivity contribution is 5.79. The molecule has 0 atom stereocenters. The predicted octanol–water partition coefficient (Wildman–Crippen LogP) is 1.62. The minimum absolute atomic E-state index is 0.0688. The molecule has 0 saturated carbocycles. The van der Waals surface area contributed by atoms with Gasteiger partial charge >= 0.3 is 6.03 Å². The molecule has 1 aliphatic rings. The Hall–Kier alpha value is -2.11. The number of hydrogen-bond donors (Lipinski definition) is 0. The molecule has 0 unspecified atom stereocenters. The van der Waals surface area contributed by atoms with Crippen LogP contribution in [0.4, 0.5) is 4.79 Å². The second-order valence-corrected chi connectivity index (χ2v) is 6.03. The smallest absolute Gasteiger partial charge is 0.320 e. The summed E-state index contributed by atoms with van der Waals surface area (Å²) in [6, 6.07) is 5.85. The van der Waals surface area contributed by atoms with Gasteiger partial charge in [-0.1, -0.05) is 6.07 Å². The van der Waals surface area contributed by atoms with E-state index in [2.05, 4.69) is 4.98 Å².